The number of nitrogens with zero attached hydrogens (tertiary/aromatic N) is 2. The van der Waals surface area contributed by atoms with Crippen molar-refractivity contribution in [1.29, 1.82) is 0 Å². The van der Waals surface area contributed by atoms with Gasteiger partial charge < -0.3 is 9.88 Å². The van der Waals surface area contributed by atoms with E-state index in [9.17, 15) is 4.39 Å². The molecule has 1 N–H and O–H groups in total. The zero-order valence-corrected chi connectivity index (χ0v) is 12.2. The van der Waals surface area contributed by atoms with E-state index in [-0.39, 0.29) is 5.82 Å². The lowest BCUT2D eigenvalue weighted by Crippen LogP contribution is -2.10. The second kappa shape index (κ2) is 7.08. The van der Waals surface area contributed by atoms with Gasteiger partial charge in [0.05, 0.1) is 5.69 Å². The molecule has 0 atom stereocenters. The first-order valence-corrected chi connectivity index (χ1v) is 7.21. The van der Waals surface area contributed by atoms with Crippen LogP contribution in [0.4, 0.5) is 10.3 Å². The summed E-state index contributed by atoms with van der Waals surface area (Å²) in [5.74, 6) is 0.732. The van der Waals surface area contributed by atoms with E-state index in [1.165, 1.54) is 12.5 Å². The maximum absolute atomic E-state index is 13.1. The average Bonchev–Trinajstić information content (AvgIpc) is 2.77. The maximum Gasteiger partial charge on any atom is 0.203 e. The van der Waals surface area contributed by atoms with Crippen molar-refractivity contribution < 1.29 is 4.39 Å². The highest BCUT2D eigenvalue weighted by Crippen LogP contribution is 2.11. The van der Waals surface area contributed by atoms with Gasteiger partial charge in [0.2, 0.25) is 5.95 Å². The van der Waals surface area contributed by atoms with E-state index < -0.39 is 0 Å². The third kappa shape index (κ3) is 4.08. The van der Waals surface area contributed by atoms with Crippen molar-refractivity contribution in [2.45, 2.75) is 39.7 Å². The summed E-state index contributed by atoms with van der Waals surface area (Å²) < 4.78 is 15.2. The summed E-state index contributed by atoms with van der Waals surface area (Å²) in [5, 5.41) is 3.34. The monoisotopic (exact) mass is 275 g/mol. The molecule has 0 spiro atoms. The molecule has 2 rings (SSSR count). The summed E-state index contributed by atoms with van der Waals surface area (Å²) in [5.41, 5.74) is 2.02. The van der Waals surface area contributed by atoms with Gasteiger partial charge >= 0.3 is 0 Å². The summed E-state index contributed by atoms with van der Waals surface area (Å²) in [6.07, 6.45) is 5.17. The first-order chi connectivity index (χ1) is 9.69. The van der Waals surface area contributed by atoms with Crippen molar-refractivity contribution >= 4 is 5.95 Å². The van der Waals surface area contributed by atoms with Crippen LogP contribution in [0, 0.1) is 12.7 Å². The van der Waals surface area contributed by atoms with Gasteiger partial charge in [0.15, 0.2) is 0 Å². The average molecular weight is 275 g/mol. The second-order valence-electron chi connectivity index (χ2n) is 5.06. The highest BCUT2D eigenvalue weighted by atomic mass is 19.1. The third-order valence-electron chi connectivity index (χ3n) is 3.24. The Morgan fingerprint density at radius 2 is 2.20 bits per heavy atom. The van der Waals surface area contributed by atoms with Crippen molar-refractivity contribution in [2.24, 2.45) is 0 Å². The van der Waals surface area contributed by atoms with Crippen molar-refractivity contribution in [3.05, 3.63) is 47.5 Å². The first kappa shape index (κ1) is 14.6. The molecule has 0 radical (unpaired) electrons. The van der Waals surface area contributed by atoms with E-state index in [0.29, 0.717) is 0 Å². The predicted octanol–water partition coefficient (Wildman–Crippen LogP) is 3.79. The van der Waals surface area contributed by atoms with Crippen LogP contribution in [0.15, 0.2) is 30.5 Å². The van der Waals surface area contributed by atoms with Gasteiger partial charge in [-0.15, -0.1) is 0 Å². The number of aromatic nitrogens is 2. The summed E-state index contributed by atoms with van der Waals surface area (Å²) in [4.78, 5) is 4.49. The van der Waals surface area contributed by atoms with Crippen LogP contribution in [0.2, 0.25) is 0 Å². The standard InChI is InChI=1S/C16H22FN3/c1-3-4-10-20-12-13(2)19-16(20)18-9-8-14-6-5-7-15(17)11-14/h5-7,11-12H,3-4,8-10H2,1-2H3,(H,18,19). The van der Waals surface area contributed by atoms with E-state index >= 15 is 0 Å². The Morgan fingerprint density at radius 3 is 2.95 bits per heavy atom. The quantitative estimate of drug-likeness (QED) is 0.833. The minimum Gasteiger partial charge on any atom is -0.355 e. The van der Waals surface area contributed by atoms with Crippen molar-refractivity contribution in [3.63, 3.8) is 0 Å². The summed E-state index contributed by atoms with van der Waals surface area (Å²) in [6, 6.07) is 6.74. The summed E-state index contributed by atoms with van der Waals surface area (Å²) in [6.45, 7) is 5.92. The number of imidazole rings is 1. The van der Waals surface area contributed by atoms with E-state index in [0.717, 1.165) is 43.1 Å². The van der Waals surface area contributed by atoms with Gasteiger partial charge in [-0.05, 0) is 37.5 Å². The normalized spacial score (nSPS) is 10.8. The number of unbranched alkanes of at least 4 members (excludes halogenated alkanes) is 1. The minimum absolute atomic E-state index is 0.178. The summed E-state index contributed by atoms with van der Waals surface area (Å²) >= 11 is 0. The fourth-order valence-electron chi connectivity index (χ4n) is 2.20. The van der Waals surface area contributed by atoms with E-state index in [4.69, 9.17) is 0 Å². The fraction of sp³-hybridized carbons (Fsp3) is 0.438. The van der Waals surface area contributed by atoms with E-state index in [1.807, 2.05) is 13.0 Å². The number of benzene rings is 1. The lowest BCUT2D eigenvalue weighted by atomic mass is 10.1. The van der Waals surface area contributed by atoms with Crippen LogP contribution < -0.4 is 5.32 Å². The molecule has 2 aromatic rings. The lowest BCUT2D eigenvalue weighted by molar-refractivity contribution is 0.625. The molecule has 0 saturated carbocycles. The Hall–Kier alpha value is -1.84. The molecule has 0 saturated heterocycles. The molecule has 1 aromatic carbocycles. The van der Waals surface area contributed by atoms with Crippen LogP contribution in [0.3, 0.4) is 0 Å². The molecule has 0 bridgehead atoms. The van der Waals surface area contributed by atoms with Crippen LogP contribution in [-0.4, -0.2) is 16.1 Å². The number of aryl methyl sites for hydroxylation is 2. The molecule has 0 fully saturated rings. The number of nitrogens with one attached hydrogen (secondary N) is 1. The SMILES string of the molecule is CCCCn1cc(C)nc1NCCc1cccc(F)c1. The highest BCUT2D eigenvalue weighted by Gasteiger charge is 2.04. The lowest BCUT2D eigenvalue weighted by Gasteiger charge is -2.09. The number of halogens is 1. The Morgan fingerprint density at radius 1 is 1.35 bits per heavy atom. The zero-order chi connectivity index (χ0) is 14.4. The van der Waals surface area contributed by atoms with Gasteiger partial charge in [0, 0.05) is 19.3 Å². The molecule has 0 amide bonds. The van der Waals surface area contributed by atoms with Gasteiger partial charge in [-0.1, -0.05) is 25.5 Å². The number of rotatable bonds is 7. The molecule has 4 heteroatoms. The van der Waals surface area contributed by atoms with Crippen molar-refractivity contribution in [2.75, 3.05) is 11.9 Å². The number of hydrogen-bond acceptors (Lipinski definition) is 2. The van der Waals surface area contributed by atoms with Crippen LogP contribution in [-0.2, 0) is 13.0 Å². The molecule has 0 aliphatic carbocycles. The van der Waals surface area contributed by atoms with Crippen molar-refractivity contribution in [3.8, 4) is 0 Å². The van der Waals surface area contributed by atoms with Crippen LogP contribution in [0.25, 0.3) is 0 Å². The molecule has 1 heterocycles. The molecule has 108 valence electrons. The molecule has 1 aromatic heterocycles. The van der Waals surface area contributed by atoms with E-state index in [2.05, 4.69) is 28.0 Å². The topological polar surface area (TPSA) is 29.9 Å². The predicted molar refractivity (Wildman–Crippen MR) is 80.5 cm³/mol. The van der Waals surface area contributed by atoms with Gasteiger partial charge in [0.25, 0.3) is 0 Å². The molecule has 0 aliphatic heterocycles. The van der Waals surface area contributed by atoms with Crippen LogP contribution >= 0.6 is 0 Å². The van der Waals surface area contributed by atoms with Gasteiger partial charge in [-0.3, -0.25) is 0 Å². The largest absolute Gasteiger partial charge is 0.355 e. The number of hydrogen-bond donors (Lipinski definition) is 1. The first-order valence-electron chi connectivity index (χ1n) is 7.21. The minimum atomic E-state index is -0.178. The zero-order valence-electron chi connectivity index (χ0n) is 12.2. The van der Waals surface area contributed by atoms with Crippen LogP contribution in [0.5, 0.6) is 0 Å². The molecule has 20 heavy (non-hydrogen) atoms. The Bertz CT molecular complexity index is 548. The van der Waals surface area contributed by atoms with Crippen LogP contribution in [0.1, 0.15) is 31.0 Å². The maximum atomic E-state index is 13.1. The molecule has 0 aliphatic rings. The molecular formula is C16H22FN3. The second-order valence-corrected chi connectivity index (χ2v) is 5.06. The Labute approximate surface area is 119 Å². The van der Waals surface area contributed by atoms with Crippen molar-refractivity contribution in [1.82, 2.24) is 9.55 Å². The van der Waals surface area contributed by atoms with Gasteiger partial charge in [-0.2, -0.15) is 0 Å². The Balaban J connectivity index is 1.90. The number of anilines is 1. The van der Waals surface area contributed by atoms with Gasteiger partial charge in [-0.25, -0.2) is 9.37 Å². The fourth-order valence-corrected chi connectivity index (χ4v) is 2.20. The summed E-state index contributed by atoms with van der Waals surface area (Å²) in [7, 11) is 0. The Kier molecular flexibility index (Phi) is 5.16. The molecular weight excluding hydrogens is 253 g/mol. The molecule has 3 nitrogen and oxygen atoms in total. The van der Waals surface area contributed by atoms with E-state index in [1.54, 1.807) is 12.1 Å². The highest BCUT2D eigenvalue weighted by molar-refractivity contribution is 5.29. The third-order valence-corrected chi connectivity index (χ3v) is 3.24. The van der Waals surface area contributed by atoms with Gasteiger partial charge in [0.1, 0.15) is 5.82 Å². The smallest absolute Gasteiger partial charge is 0.203 e. The molecule has 0 unspecified atom stereocenters.